The van der Waals surface area contributed by atoms with Gasteiger partial charge in [0, 0.05) is 0 Å². The number of ether oxygens (including phenoxy) is 9. The van der Waals surface area contributed by atoms with Crippen molar-refractivity contribution < 1.29 is 119 Å². The summed E-state index contributed by atoms with van der Waals surface area (Å²) < 4.78 is 49.5. The van der Waals surface area contributed by atoms with E-state index in [2.05, 4.69) is 0 Å². The highest BCUT2D eigenvalue weighted by molar-refractivity contribution is 4.97. The Morgan fingerprint density at radius 1 is 0.370 bits per heavy atom. The van der Waals surface area contributed by atoms with Gasteiger partial charge in [0.15, 0.2) is 31.5 Å². The van der Waals surface area contributed by atoms with E-state index in [0.717, 1.165) is 0 Å². The van der Waals surface area contributed by atoms with Crippen LogP contribution >= 0.6 is 0 Å². The van der Waals surface area contributed by atoms with E-state index in [0.29, 0.717) is 0 Å². The standard InChI is InChI=1S/C30H52O24/c1-6-23(16(38)18(40)26(45)47-6)52-30-20(42)15(37)12(34)10(51-30)5-46-27-22(44)25(13(35)9(4-32)49-27)54-28-21(43)17(39)24(7(2)48-28)53-29-19(41)14(36)11(33)8(3-31)50-29/h6-45H,3-5H2,1-2H3/t6-,7-,8+,9+,10+,11+,12+,13-,14-,15-,16-,17-,18+,19-,20-,21+,22+,23-,24-,25-,26?,27+,28-,29-,30-/m0/s1. The summed E-state index contributed by atoms with van der Waals surface area (Å²) in [6.07, 6.45) is -42.1. The molecule has 5 heterocycles. The molecule has 0 aromatic carbocycles. The average Bonchev–Trinajstić information content (AvgIpc) is 3.14. The van der Waals surface area contributed by atoms with Gasteiger partial charge in [0.2, 0.25) is 0 Å². The molecule has 1 unspecified atom stereocenters. The van der Waals surface area contributed by atoms with Crippen LogP contribution in [-0.2, 0) is 42.6 Å². The molecule has 54 heavy (non-hydrogen) atoms. The van der Waals surface area contributed by atoms with E-state index in [9.17, 15) is 76.6 Å². The topological polar surface area (TPSA) is 387 Å². The van der Waals surface area contributed by atoms with Gasteiger partial charge in [-0.1, -0.05) is 0 Å². The first kappa shape index (κ1) is 44.1. The molecule has 25 atom stereocenters. The molecule has 5 rings (SSSR count). The van der Waals surface area contributed by atoms with E-state index < -0.39 is 173 Å². The van der Waals surface area contributed by atoms with Crippen molar-refractivity contribution >= 4 is 0 Å². The van der Waals surface area contributed by atoms with E-state index >= 15 is 0 Å². The first-order chi connectivity index (χ1) is 25.4. The number of aliphatic hydroxyl groups excluding tert-OH is 15. The van der Waals surface area contributed by atoms with Crippen LogP contribution < -0.4 is 0 Å². The summed E-state index contributed by atoms with van der Waals surface area (Å²) in [6, 6.07) is 0. The first-order valence-electron chi connectivity index (χ1n) is 17.3. The number of rotatable bonds is 11. The van der Waals surface area contributed by atoms with Gasteiger partial charge in [-0.3, -0.25) is 0 Å². The van der Waals surface area contributed by atoms with Crippen molar-refractivity contribution in [3.05, 3.63) is 0 Å². The fourth-order valence-corrected chi connectivity index (χ4v) is 6.87. The Hall–Kier alpha value is -0.960. The van der Waals surface area contributed by atoms with Gasteiger partial charge >= 0.3 is 0 Å². The Balaban J connectivity index is 1.22. The highest BCUT2D eigenvalue weighted by Gasteiger charge is 2.54. The fraction of sp³-hybridized carbons (Fsp3) is 1.00. The van der Waals surface area contributed by atoms with Gasteiger partial charge in [0.25, 0.3) is 0 Å². The summed E-state index contributed by atoms with van der Waals surface area (Å²) in [5.74, 6) is 0. The minimum Gasteiger partial charge on any atom is -0.394 e. The molecule has 5 aliphatic rings. The molecule has 24 nitrogen and oxygen atoms in total. The summed E-state index contributed by atoms with van der Waals surface area (Å²) in [7, 11) is 0. The third-order valence-electron chi connectivity index (χ3n) is 10.2. The van der Waals surface area contributed by atoms with Crippen LogP contribution in [0, 0.1) is 0 Å². The van der Waals surface area contributed by atoms with Gasteiger partial charge in [-0.05, 0) is 13.8 Å². The summed E-state index contributed by atoms with van der Waals surface area (Å²) in [6.45, 7) is 0.398. The molecule has 0 radical (unpaired) electrons. The maximum Gasteiger partial charge on any atom is 0.187 e. The van der Waals surface area contributed by atoms with Crippen LogP contribution in [0.25, 0.3) is 0 Å². The van der Waals surface area contributed by atoms with E-state index in [1.54, 1.807) is 0 Å². The van der Waals surface area contributed by atoms with Crippen molar-refractivity contribution in [3.8, 4) is 0 Å². The quantitative estimate of drug-likeness (QED) is 0.0923. The maximum absolute atomic E-state index is 11.2. The lowest BCUT2D eigenvalue weighted by molar-refractivity contribution is -0.380. The molecule has 5 fully saturated rings. The summed E-state index contributed by atoms with van der Waals surface area (Å²) in [5, 5.41) is 155. The lowest BCUT2D eigenvalue weighted by atomic mass is 9.96. The van der Waals surface area contributed by atoms with Gasteiger partial charge in [-0.15, -0.1) is 0 Å². The highest BCUT2D eigenvalue weighted by atomic mass is 16.8. The molecular formula is C30H52O24. The molecule has 316 valence electrons. The van der Waals surface area contributed by atoms with Crippen molar-refractivity contribution in [2.24, 2.45) is 0 Å². The van der Waals surface area contributed by atoms with Gasteiger partial charge in [0.1, 0.15) is 110 Å². The van der Waals surface area contributed by atoms with Gasteiger partial charge < -0.3 is 119 Å². The Morgan fingerprint density at radius 3 is 1.33 bits per heavy atom. The van der Waals surface area contributed by atoms with E-state index in [1.807, 2.05) is 0 Å². The summed E-state index contributed by atoms with van der Waals surface area (Å²) in [5.41, 5.74) is 0. The van der Waals surface area contributed by atoms with Gasteiger partial charge in [-0.25, -0.2) is 0 Å². The molecule has 5 aliphatic heterocycles. The molecule has 0 spiro atoms. The second-order valence-corrected chi connectivity index (χ2v) is 14.0. The van der Waals surface area contributed by atoms with Crippen LogP contribution in [0.3, 0.4) is 0 Å². The van der Waals surface area contributed by atoms with Gasteiger partial charge in [0.05, 0.1) is 32.0 Å². The number of hydrogen-bond donors (Lipinski definition) is 15. The lowest BCUT2D eigenvalue weighted by Gasteiger charge is -2.48. The first-order valence-corrected chi connectivity index (χ1v) is 17.3. The number of aliphatic hydroxyl groups is 15. The van der Waals surface area contributed by atoms with Gasteiger partial charge in [-0.2, -0.15) is 0 Å². The Labute approximate surface area is 306 Å². The largest absolute Gasteiger partial charge is 0.394 e. The summed E-state index contributed by atoms with van der Waals surface area (Å²) >= 11 is 0. The fourth-order valence-electron chi connectivity index (χ4n) is 6.87. The van der Waals surface area contributed by atoms with E-state index in [-0.39, 0.29) is 0 Å². The third-order valence-corrected chi connectivity index (χ3v) is 10.2. The van der Waals surface area contributed by atoms with Crippen LogP contribution in [0.2, 0.25) is 0 Å². The second-order valence-electron chi connectivity index (χ2n) is 14.0. The summed E-state index contributed by atoms with van der Waals surface area (Å²) in [4.78, 5) is 0. The van der Waals surface area contributed by atoms with Crippen molar-refractivity contribution in [2.75, 3.05) is 19.8 Å². The molecule has 0 bridgehead atoms. The Bertz CT molecular complexity index is 1170. The lowest BCUT2D eigenvalue weighted by Crippen LogP contribution is -2.66. The van der Waals surface area contributed by atoms with Crippen LogP contribution in [-0.4, -0.2) is 250 Å². The van der Waals surface area contributed by atoms with Crippen molar-refractivity contribution in [2.45, 2.75) is 167 Å². The molecule has 0 saturated carbocycles. The molecule has 0 aliphatic carbocycles. The third kappa shape index (κ3) is 8.87. The van der Waals surface area contributed by atoms with Crippen molar-refractivity contribution in [1.82, 2.24) is 0 Å². The molecule has 0 aromatic heterocycles. The predicted molar refractivity (Wildman–Crippen MR) is 164 cm³/mol. The van der Waals surface area contributed by atoms with E-state index in [1.165, 1.54) is 13.8 Å². The van der Waals surface area contributed by atoms with Crippen LogP contribution in [0.4, 0.5) is 0 Å². The Kier molecular flexibility index (Phi) is 15.0. The molecule has 24 heteroatoms. The van der Waals surface area contributed by atoms with E-state index in [4.69, 9.17) is 42.6 Å². The monoisotopic (exact) mass is 796 g/mol. The smallest absolute Gasteiger partial charge is 0.187 e. The molecule has 15 N–H and O–H groups in total. The van der Waals surface area contributed by atoms with Crippen molar-refractivity contribution in [1.29, 1.82) is 0 Å². The zero-order valence-electron chi connectivity index (χ0n) is 28.9. The minimum absolute atomic E-state index is 0.719. The molecular weight excluding hydrogens is 744 g/mol. The SMILES string of the molecule is C[C@@H]1OC(O)[C@H](O)[C@H](O)[C@H]1O[C@@H]1O[C@H](CO[C@@H]2O[C@H](CO)[C@H](O)[C@H](O[C@@H]3O[C@@H](C)[C@H](O[C@@H]4O[C@H](CO)[C@@H](O)[C@H](O)[C@@H]4O)[C@@H](O)[C@H]3O)[C@H]2O)[C@@H](O)[C@H](O)[C@@H]1O. The minimum atomic E-state index is -1.97. The molecule has 0 aromatic rings. The Morgan fingerprint density at radius 2 is 0.778 bits per heavy atom. The van der Waals surface area contributed by atoms with Crippen LogP contribution in [0.1, 0.15) is 13.8 Å². The molecule has 5 saturated heterocycles. The second kappa shape index (κ2) is 18.3. The maximum atomic E-state index is 11.2. The van der Waals surface area contributed by atoms with Crippen molar-refractivity contribution in [3.63, 3.8) is 0 Å². The zero-order valence-corrected chi connectivity index (χ0v) is 28.9. The normalized spacial score (nSPS) is 54.7. The van der Waals surface area contributed by atoms with Crippen LogP contribution in [0.15, 0.2) is 0 Å². The van der Waals surface area contributed by atoms with Crippen LogP contribution in [0.5, 0.6) is 0 Å². The average molecular weight is 797 g/mol. The number of hydrogen-bond acceptors (Lipinski definition) is 24. The predicted octanol–water partition coefficient (Wildman–Crippen LogP) is -9.87. The highest BCUT2D eigenvalue weighted by Crippen LogP contribution is 2.34. The zero-order chi connectivity index (χ0) is 39.9. The molecule has 0 amide bonds.